The average molecular weight is 242 g/mol. The van der Waals surface area contributed by atoms with Gasteiger partial charge in [-0.15, -0.1) is 0 Å². The quantitative estimate of drug-likeness (QED) is 0.585. The predicted octanol–water partition coefficient (Wildman–Crippen LogP) is 3.59. The van der Waals surface area contributed by atoms with Crippen LogP contribution in [0.2, 0.25) is 5.15 Å². The Hall–Kier alpha value is -0.960. The molecule has 16 heavy (non-hydrogen) atoms. The van der Waals surface area contributed by atoms with Gasteiger partial charge in [0, 0.05) is 11.8 Å². The summed E-state index contributed by atoms with van der Waals surface area (Å²) < 4.78 is 14.3. The molecular weight excluding hydrogens is 229 g/mol. The van der Waals surface area contributed by atoms with Gasteiger partial charge in [0.05, 0.1) is 0 Å². The molecule has 0 unspecified atom stereocenters. The highest BCUT2D eigenvalue weighted by molar-refractivity contribution is 6.29. The van der Waals surface area contributed by atoms with Crippen LogP contribution in [-0.4, -0.2) is 16.4 Å². The highest BCUT2D eigenvalue weighted by Gasteiger charge is 2.39. The Bertz CT molecular complexity index is 385. The van der Waals surface area contributed by atoms with Crippen LogP contribution in [0.1, 0.15) is 42.5 Å². The SMILES string of the molecule is O=C(c1ccc(Cl)nc1)C1(F)CCCCC1. The number of hydrogen-bond acceptors (Lipinski definition) is 2. The molecule has 0 radical (unpaired) electrons. The number of pyridine rings is 1. The van der Waals surface area contributed by atoms with Crippen LogP contribution < -0.4 is 0 Å². The van der Waals surface area contributed by atoms with Crippen LogP contribution in [0.4, 0.5) is 4.39 Å². The van der Waals surface area contributed by atoms with E-state index in [-0.39, 0.29) is 0 Å². The normalized spacial score (nSPS) is 19.4. The minimum Gasteiger partial charge on any atom is -0.290 e. The van der Waals surface area contributed by atoms with E-state index in [0.717, 1.165) is 19.3 Å². The molecule has 0 spiro atoms. The number of ketones is 1. The van der Waals surface area contributed by atoms with Crippen molar-refractivity contribution in [3.8, 4) is 0 Å². The largest absolute Gasteiger partial charge is 0.290 e. The standard InChI is InChI=1S/C12H13ClFNO/c13-10-5-4-9(8-15-10)11(16)12(14)6-2-1-3-7-12/h4-5,8H,1-3,6-7H2. The van der Waals surface area contributed by atoms with Gasteiger partial charge in [-0.25, -0.2) is 9.37 Å². The maximum Gasteiger partial charge on any atom is 0.201 e. The summed E-state index contributed by atoms with van der Waals surface area (Å²) in [5.41, 5.74) is -1.37. The number of nitrogens with zero attached hydrogens (tertiary/aromatic N) is 1. The second kappa shape index (κ2) is 4.50. The molecule has 1 heterocycles. The Kier molecular flexibility index (Phi) is 3.24. The van der Waals surface area contributed by atoms with E-state index in [0.29, 0.717) is 23.6 Å². The smallest absolute Gasteiger partial charge is 0.201 e. The van der Waals surface area contributed by atoms with Crippen molar-refractivity contribution in [2.45, 2.75) is 37.8 Å². The summed E-state index contributed by atoms with van der Waals surface area (Å²) in [6.07, 6.45) is 4.58. The number of aromatic nitrogens is 1. The first-order chi connectivity index (χ1) is 7.62. The molecule has 1 aromatic rings. The molecule has 1 saturated carbocycles. The fraction of sp³-hybridized carbons (Fsp3) is 0.500. The lowest BCUT2D eigenvalue weighted by atomic mass is 9.81. The Morgan fingerprint density at radius 1 is 1.31 bits per heavy atom. The third-order valence-corrected chi connectivity index (χ3v) is 3.27. The van der Waals surface area contributed by atoms with Crippen LogP contribution in [0.25, 0.3) is 0 Å². The van der Waals surface area contributed by atoms with E-state index in [4.69, 9.17) is 11.6 Å². The molecule has 0 saturated heterocycles. The van der Waals surface area contributed by atoms with Gasteiger partial charge in [0.15, 0.2) is 5.67 Å². The summed E-state index contributed by atoms with van der Waals surface area (Å²) in [7, 11) is 0. The minimum atomic E-state index is -1.69. The van der Waals surface area contributed by atoms with Crippen molar-refractivity contribution in [3.63, 3.8) is 0 Å². The van der Waals surface area contributed by atoms with Gasteiger partial charge < -0.3 is 0 Å². The molecule has 86 valence electrons. The van der Waals surface area contributed by atoms with Gasteiger partial charge in [0.1, 0.15) is 5.15 Å². The minimum absolute atomic E-state index is 0.313. The molecule has 0 amide bonds. The first kappa shape index (κ1) is 11.5. The molecule has 0 bridgehead atoms. The molecule has 0 aromatic carbocycles. The number of halogens is 2. The predicted molar refractivity (Wildman–Crippen MR) is 60.5 cm³/mol. The zero-order valence-corrected chi connectivity index (χ0v) is 9.63. The van der Waals surface area contributed by atoms with Crippen LogP contribution >= 0.6 is 11.6 Å². The number of alkyl halides is 1. The van der Waals surface area contributed by atoms with Crippen molar-refractivity contribution < 1.29 is 9.18 Å². The highest BCUT2D eigenvalue weighted by atomic mass is 35.5. The van der Waals surface area contributed by atoms with Crippen molar-refractivity contribution in [2.75, 3.05) is 0 Å². The van der Waals surface area contributed by atoms with E-state index < -0.39 is 11.5 Å². The Balaban J connectivity index is 2.20. The number of Topliss-reactive ketones (excluding diaryl/α,β-unsaturated/α-hetero) is 1. The zero-order valence-electron chi connectivity index (χ0n) is 8.88. The monoisotopic (exact) mass is 241 g/mol. The molecular formula is C12H13ClFNO. The molecule has 2 nitrogen and oxygen atoms in total. The summed E-state index contributed by atoms with van der Waals surface area (Å²) in [4.78, 5) is 15.8. The van der Waals surface area contributed by atoms with Gasteiger partial charge in [0.25, 0.3) is 0 Å². The van der Waals surface area contributed by atoms with Gasteiger partial charge in [-0.1, -0.05) is 18.0 Å². The lowest BCUT2D eigenvalue weighted by Crippen LogP contribution is -2.36. The molecule has 1 aliphatic carbocycles. The molecule has 1 aromatic heterocycles. The van der Waals surface area contributed by atoms with Crippen LogP contribution in [0.3, 0.4) is 0 Å². The Morgan fingerprint density at radius 2 is 2.00 bits per heavy atom. The second-order valence-electron chi connectivity index (χ2n) is 4.22. The van der Waals surface area contributed by atoms with E-state index in [1.807, 2.05) is 0 Å². The lowest BCUT2D eigenvalue weighted by molar-refractivity contribution is 0.0569. The van der Waals surface area contributed by atoms with Crippen LogP contribution in [0, 0.1) is 0 Å². The number of rotatable bonds is 2. The fourth-order valence-electron chi connectivity index (χ4n) is 2.11. The molecule has 0 atom stereocenters. The molecule has 4 heteroatoms. The summed E-state index contributed by atoms with van der Waals surface area (Å²) in [6.45, 7) is 0. The van der Waals surface area contributed by atoms with Gasteiger partial charge in [-0.3, -0.25) is 4.79 Å². The number of carbonyl (C=O) groups is 1. The lowest BCUT2D eigenvalue weighted by Gasteiger charge is -2.27. The second-order valence-corrected chi connectivity index (χ2v) is 4.61. The number of hydrogen-bond donors (Lipinski definition) is 0. The Labute approximate surface area is 98.8 Å². The zero-order chi connectivity index (χ0) is 11.6. The summed E-state index contributed by atoms with van der Waals surface area (Å²) in [5.74, 6) is -0.448. The highest BCUT2D eigenvalue weighted by Crippen LogP contribution is 2.34. The molecule has 1 aliphatic rings. The molecule has 1 fully saturated rings. The van der Waals surface area contributed by atoms with Gasteiger partial charge in [-0.2, -0.15) is 0 Å². The van der Waals surface area contributed by atoms with Crippen molar-refractivity contribution in [1.82, 2.24) is 4.98 Å². The van der Waals surface area contributed by atoms with E-state index in [2.05, 4.69) is 4.98 Å². The maximum atomic E-state index is 14.3. The maximum absolute atomic E-state index is 14.3. The van der Waals surface area contributed by atoms with E-state index in [9.17, 15) is 9.18 Å². The van der Waals surface area contributed by atoms with E-state index in [1.165, 1.54) is 18.3 Å². The van der Waals surface area contributed by atoms with Gasteiger partial charge in [0.2, 0.25) is 5.78 Å². The first-order valence-electron chi connectivity index (χ1n) is 5.47. The number of carbonyl (C=O) groups excluding carboxylic acids is 1. The van der Waals surface area contributed by atoms with Crippen molar-refractivity contribution in [3.05, 3.63) is 29.0 Å². The van der Waals surface area contributed by atoms with Gasteiger partial charge in [-0.05, 0) is 37.8 Å². The topological polar surface area (TPSA) is 30.0 Å². The summed E-state index contributed by atoms with van der Waals surface area (Å²) in [5, 5.41) is 0.313. The first-order valence-corrected chi connectivity index (χ1v) is 5.85. The molecule has 0 N–H and O–H groups in total. The van der Waals surface area contributed by atoms with Crippen LogP contribution in [0.5, 0.6) is 0 Å². The summed E-state index contributed by atoms with van der Waals surface area (Å²) >= 11 is 5.62. The third-order valence-electron chi connectivity index (χ3n) is 3.04. The van der Waals surface area contributed by atoms with Crippen LogP contribution in [-0.2, 0) is 0 Å². The molecule has 2 rings (SSSR count). The van der Waals surface area contributed by atoms with E-state index in [1.54, 1.807) is 0 Å². The van der Waals surface area contributed by atoms with Crippen molar-refractivity contribution in [2.24, 2.45) is 0 Å². The van der Waals surface area contributed by atoms with E-state index >= 15 is 0 Å². The average Bonchev–Trinajstić information content (AvgIpc) is 2.30. The Morgan fingerprint density at radius 3 is 2.56 bits per heavy atom. The van der Waals surface area contributed by atoms with Crippen molar-refractivity contribution in [1.29, 1.82) is 0 Å². The van der Waals surface area contributed by atoms with Gasteiger partial charge >= 0.3 is 0 Å². The summed E-state index contributed by atoms with van der Waals surface area (Å²) in [6, 6.07) is 3.05. The van der Waals surface area contributed by atoms with Crippen LogP contribution in [0.15, 0.2) is 18.3 Å². The fourth-order valence-corrected chi connectivity index (χ4v) is 2.22. The van der Waals surface area contributed by atoms with Crippen molar-refractivity contribution >= 4 is 17.4 Å². The third kappa shape index (κ3) is 2.24. The molecule has 0 aliphatic heterocycles.